The van der Waals surface area contributed by atoms with Crippen molar-refractivity contribution in [1.82, 2.24) is 9.55 Å². The zero-order chi connectivity index (χ0) is 15.7. The van der Waals surface area contributed by atoms with Gasteiger partial charge in [-0.3, -0.25) is 0 Å². The molecule has 0 aliphatic carbocycles. The van der Waals surface area contributed by atoms with E-state index >= 15 is 0 Å². The van der Waals surface area contributed by atoms with Crippen LogP contribution in [0, 0.1) is 0 Å². The minimum Gasteiger partial charge on any atom is -0.410 e. The Labute approximate surface area is 129 Å². The van der Waals surface area contributed by atoms with Crippen molar-refractivity contribution in [2.45, 2.75) is 26.3 Å². The lowest BCUT2D eigenvalue weighted by molar-refractivity contribution is 0.319. The SMILES string of the molecule is CC(C)(C)n1cnc2ccc(/C(=N/O)c3ccccc3)cc21. The Hall–Kier alpha value is -2.62. The molecule has 0 unspecified atom stereocenters. The van der Waals surface area contributed by atoms with Gasteiger partial charge in [0.2, 0.25) is 0 Å². The molecule has 0 aliphatic heterocycles. The number of hydrogen-bond acceptors (Lipinski definition) is 3. The van der Waals surface area contributed by atoms with E-state index in [1.807, 2.05) is 54.9 Å². The molecule has 0 amide bonds. The van der Waals surface area contributed by atoms with Crippen molar-refractivity contribution in [3.8, 4) is 0 Å². The van der Waals surface area contributed by atoms with Crippen molar-refractivity contribution in [2.24, 2.45) is 5.16 Å². The fourth-order valence-corrected chi connectivity index (χ4v) is 2.57. The van der Waals surface area contributed by atoms with Crippen molar-refractivity contribution < 1.29 is 5.21 Å². The Bertz CT molecular complexity index is 826. The first kappa shape index (κ1) is 14.3. The predicted octanol–water partition coefficient (Wildman–Crippen LogP) is 4.02. The number of fused-ring (bicyclic) bond motifs is 1. The highest BCUT2D eigenvalue weighted by Crippen LogP contribution is 2.24. The van der Waals surface area contributed by atoms with Crippen LogP contribution in [0.25, 0.3) is 11.0 Å². The van der Waals surface area contributed by atoms with Gasteiger partial charge >= 0.3 is 0 Å². The van der Waals surface area contributed by atoms with Crippen LogP contribution in [0.2, 0.25) is 0 Å². The first-order chi connectivity index (χ1) is 10.5. The zero-order valence-electron chi connectivity index (χ0n) is 13.0. The lowest BCUT2D eigenvalue weighted by atomic mass is 10.0. The fraction of sp³-hybridized carbons (Fsp3) is 0.222. The minimum atomic E-state index is -0.0589. The Kier molecular flexibility index (Phi) is 3.45. The van der Waals surface area contributed by atoms with Crippen molar-refractivity contribution in [2.75, 3.05) is 0 Å². The van der Waals surface area contributed by atoms with Crippen LogP contribution in [0.4, 0.5) is 0 Å². The summed E-state index contributed by atoms with van der Waals surface area (Å²) in [5.41, 5.74) is 4.21. The van der Waals surface area contributed by atoms with Gasteiger partial charge in [0, 0.05) is 16.7 Å². The second kappa shape index (κ2) is 5.30. The number of imidazole rings is 1. The topological polar surface area (TPSA) is 50.4 Å². The summed E-state index contributed by atoms with van der Waals surface area (Å²) in [6.07, 6.45) is 1.85. The first-order valence-electron chi connectivity index (χ1n) is 7.26. The van der Waals surface area contributed by atoms with Gasteiger partial charge in [-0.2, -0.15) is 0 Å². The monoisotopic (exact) mass is 293 g/mol. The largest absolute Gasteiger partial charge is 0.410 e. The highest BCUT2D eigenvalue weighted by molar-refractivity contribution is 6.13. The second-order valence-corrected chi connectivity index (χ2v) is 6.30. The Morgan fingerprint density at radius 3 is 2.41 bits per heavy atom. The summed E-state index contributed by atoms with van der Waals surface area (Å²) >= 11 is 0. The molecule has 0 fully saturated rings. The van der Waals surface area contributed by atoms with Gasteiger partial charge in [0.25, 0.3) is 0 Å². The number of nitrogens with zero attached hydrogens (tertiary/aromatic N) is 3. The predicted molar refractivity (Wildman–Crippen MR) is 88.6 cm³/mol. The molecule has 112 valence electrons. The fourth-order valence-electron chi connectivity index (χ4n) is 2.57. The molecule has 3 aromatic rings. The minimum absolute atomic E-state index is 0.0589. The second-order valence-electron chi connectivity index (χ2n) is 6.30. The smallest absolute Gasteiger partial charge is 0.117 e. The van der Waals surface area contributed by atoms with Crippen molar-refractivity contribution in [1.29, 1.82) is 0 Å². The van der Waals surface area contributed by atoms with Gasteiger partial charge in [-0.25, -0.2) is 4.98 Å². The van der Waals surface area contributed by atoms with Crippen LogP contribution < -0.4 is 0 Å². The van der Waals surface area contributed by atoms with Crippen LogP contribution in [0.1, 0.15) is 31.9 Å². The van der Waals surface area contributed by atoms with Crippen LogP contribution in [-0.4, -0.2) is 20.5 Å². The van der Waals surface area contributed by atoms with Crippen LogP contribution in [-0.2, 0) is 5.54 Å². The van der Waals surface area contributed by atoms with Gasteiger partial charge in [0.1, 0.15) is 5.71 Å². The quantitative estimate of drug-likeness (QED) is 0.441. The van der Waals surface area contributed by atoms with E-state index in [9.17, 15) is 5.21 Å². The van der Waals surface area contributed by atoms with Crippen molar-refractivity contribution in [3.63, 3.8) is 0 Å². The zero-order valence-corrected chi connectivity index (χ0v) is 13.0. The first-order valence-corrected chi connectivity index (χ1v) is 7.26. The molecule has 4 heteroatoms. The van der Waals surface area contributed by atoms with Gasteiger partial charge in [-0.15, -0.1) is 0 Å². The average Bonchev–Trinajstić information content (AvgIpc) is 2.92. The molecule has 2 aromatic carbocycles. The van der Waals surface area contributed by atoms with E-state index in [1.54, 1.807) is 0 Å². The molecule has 3 rings (SSSR count). The summed E-state index contributed by atoms with van der Waals surface area (Å²) in [4.78, 5) is 4.44. The molecular weight excluding hydrogens is 274 g/mol. The number of oxime groups is 1. The Balaban J connectivity index is 2.16. The van der Waals surface area contributed by atoms with Gasteiger partial charge in [0.15, 0.2) is 0 Å². The number of rotatable bonds is 2. The molecule has 0 saturated carbocycles. The maximum atomic E-state index is 9.45. The lowest BCUT2D eigenvalue weighted by Gasteiger charge is -2.21. The number of benzene rings is 2. The summed E-state index contributed by atoms with van der Waals surface area (Å²) < 4.78 is 2.13. The standard InChI is InChI=1S/C18H19N3O/c1-18(2,3)21-12-19-15-10-9-14(11-16(15)21)17(20-22)13-7-5-4-6-8-13/h4-12,22H,1-3H3/b20-17+. The van der Waals surface area contributed by atoms with Crippen LogP contribution >= 0.6 is 0 Å². The molecule has 0 atom stereocenters. The van der Waals surface area contributed by atoms with E-state index in [-0.39, 0.29) is 5.54 Å². The molecule has 0 saturated heterocycles. The molecule has 4 nitrogen and oxygen atoms in total. The maximum Gasteiger partial charge on any atom is 0.117 e. The third-order valence-electron chi connectivity index (χ3n) is 3.69. The molecule has 1 aromatic heterocycles. The molecule has 0 bridgehead atoms. The van der Waals surface area contributed by atoms with E-state index in [4.69, 9.17) is 0 Å². The summed E-state index contributed by atoms with van der Waals surface area (Å²) in [5, 5.41) is 12.9. The average molecular weight is 293 g/mol. The third-order valence-corrected chi connectivity index (χ3v) is 3.69. The third kappa shape index (κ3) is 2.48. The summed E-state index contributed by atoms with van der Waals surface area (Å²) in [5.74, 6) is 0. The summed E-state index contributed by atoms with van der Waals surface area (Å²) in [7, 11) is 0. The number of aromatic nitrogens is 2. The van der Waals surface area contributed by atoms with Gasteiger partial charge in [-0.05, 0) is 32.9 Å². The van der Waals surface area contributed by atoms with Gasteiger partial charge < -0.3 is 9.77 Å². The van der Waals surface area contributed by atoms with Crippen molar-refractivity contribution in [3.05, 3.63) is 66.0 Å². The molecule has 0 radical (unpaired) electrons. The van der Waals surface area contributed by atoms with E-state index in [2.05, 4.69) is 35.5 Å². The Morgan fingerprint density at radius 1 is 1.05 bits per heavy atom. The van der Waals surface area contributed by atoms with Gasteiger partial charge in [-0.1, -0.05) is 41.6 Å². The van der Waals surface area contributed by atoms with Gasteiger partial charge in [0.05, 0.1) is 17.4 Å². The number of hydrogen-bond donors (Lipinski definition) is 1. The molecule has 22 heavy (non-hydrogen) atoms. The Morgan fingerprint density at radius 2 is 1.77 bits per heavy atom. The van der Waals surface area contributed by atoms with E-state index < -0.39 is 0 Å². The molecule has 1 N–H and O–H groups in total. The van der Waals surface area contributed by atoms with E-state index in [0.717, 1.165) is 22.2 Å². The summed E-state index contributed by atoms with van der Waals surface area (Å²) in [6, 6.07) is 15.6. The molecule has 0 spiro atoms. The van der Waals surface area contributed by atoms with Crippen LogP contribution in [0.5, 0.6) is 0 Å². The van der Waals surface area contributed by atoms with E-state index in [1.165, 1.54) is 0 Å². The van der Waals surface area contributed by atoms with Crippen LogP contribution in [0.3, 0.4) is 0 Å². The van der Waals surface area contributed by atoms with Crippen molar-refractivity contribution >= 4 is 16.7 Å². The molecular formula is C18H19N3O. The molecule has 0 aliphatic rings. The highest BCUT2D eigenvalue weighted by atomic mass is 16.4. The summed E-state index contributed by atoms with van der Waals surface area (Å²) in [6.45, 7) is 6.41. The lowest BCUT2D eigenvalue weighted by Crippen LogP contribution is -2.20. The molecule has 1 heterocycles. The normalized spacial score (nSPS) is 12.8. The van der Waals surface area contributed by atoms with Crippen LogP contribution in [0.15, 0.2) is 60.0 Å². The maximum absolute atomic E-state index is 9.45. The van der Waals surface area contributed by atoms with E-state index in [0.29, 0.717) is 5.71 Å². The highest BCUT2D eigenvalue weighted by Gasteiger charge is 2.17.